The summed E-state index contributed by atoms with van der Waals surface area (Å²) in [5.74, 6) is 0.685. The number of nitrogens with two attached hydrogens (primary N) is 1. The van der Waals surface area contributed by atoms with E-state index in [1.165, 1.54) is 0 Å². The lowest BCUT2D eigenvalue weighted by atomic mass is 9.95. The highest BCUT2D eigenvalue weighted by Gasteiger charge is 2.19. The summed E-state index contributed by atoms with van der Waals surface area (Å²) in [6, 6.07) is 0. The molecule has 0 radical (unpaired) electrons. The Morgan fingerprint density at radius 2 is 2.42 bits per heavy atom. The molecular formula is C8H17N3O. The van der Waals surface area contributed by atoms with E-state index in [2.05, 4.69) is 0 Å². The molecule has 70 valence electrons. The van der Waals surface area contributed by atoms with Gasteiger partial charge in [-0.2, -0.15) is 0 Å². The Bertz CT molecular complexity index is 158. The zero-order chi connectivity index (χ0) is 8.97. The lowest BCUT2D eigenvalue weighted by Crippen LogP contribution is -2.43. The number of piperidine rings is 1. The van der Waals surface area contributed by atoms with Crippen molar-refractivity contribution in [2.45, 2.75) is 19.3 Å². The molecule has 1 fully saturated rings. The van der Waals surface area contributed by atoms with Gasteiger partial charge >= 0.3 is 0 Å². The van der Waals surface area contributed by atoms with Gasteiger partial charge in [-0.15, -0.1) is 0 Å². The molecule has 0 amide bonds. The van der Waals surface area contributed by atoms with Crippen molar-refractivity contribution < 1.29 is 5.11 Å². The molecule has 0 aliphatic carbocycles. The molecule has 0 aromatic rings. The first-order valence-corrected chi connectivity index (χ1v) is 4.44. The Morgan fingerprint density at radius 3 is 3.00 bits per heavy atom. The van der Waals surface area contributed by atoms with E-state index >= 15 is 0 Å². The van der Waals surface area contributed by atoms with Gasteiger partial charge in [-0.1, -0.05) is 0 Å². The molecule has 1 unspecified atom stereocenters. The SMILES string of the molecule is N=C(N)N1CCCC(CCO)C1. The molecule has 0 spiro atoms. The highest BCUT2D eigenvalue weighted by atomic mass is 16.3. The minimum atomic E-state index is 0.164. The topological polar surface area (TPSA) is 73.3 Å². The summed E-state index contributed by atoms with van der Waals surface area (Å²) in [6.45, 7) is 1.99. The van der Waals surface area contributed by atoms with Gasteiger partial charge in [0.05, 0.1) is 0 Å². The van der Waals surface area contributed by atoms with Crippen molar-refractivity contribution in [3.8, 4) is 0 Å². The van der Waals surface area contributed by atoms with Crippen LogP contribution in [0.4, 0.5) is 0 Å². The van der Waals surface area contributed by atoms with Gasteiger partial charge in [0.15, 0.2) is 5.96 Å². The standard InChI is InChI=1S/C8H17N3O/c9-8(10)11-4-1-2-7(6-11)3-5-12/h7,12H,1-6H2,(H3,9,10). The molecule has 1 atom stereocenters. The summed E-state index contributed by atoms with van der Waals surface area (Å²) in [7, 11) is 0. The zero-order valence-corrected chi connectivity index (χ0v) is 7.29. The average Bonchev–Trinajstić information content (AvgIpc) is 2.05. The largest absolute Gasteiger partial charge is 0.396 e. The minimum absolute atomic E-state index is 0.164. The number of hydrogen-bond acceptors (Lipinski definition) is 2. The highest BCUT2D eigenvalue weighted by Crippen LogP contribution is 2.18. The van der Waals surface area contributed by atoms with Crippen LogP contribution < -0.4 is 5.73 Å². The number of nitrogens with zero attached hydrogens (tertiary/aromatic N) is 1. The summed E-state index contributed by atoms with van der Waals surface area (Å²) >= 11 is 0. The molecule has 0 aromatic heterocycles. The third-order valence-electron chi connectivity index (χ3n) is 2.40. The van der Waals surface area contributed by atoms with E-state index in [0.29, 0.717) is 5.92 Å². The van der Waals surface area contributed by atoms with Crippen molar-refractivity contribution in [2.75, 3.05) is 19.7 Å². The summed E-state index contributed by atoms with van der Waals surface area (Å²) in [5.41, 5.74) is 5.37. The molecule has 0 saturated carbocycles. The Morgan fingerprint density at radius 1 is 1.67 bits per heavy atom. The minimum Gasteiger partial charge on any atom is -0.396 e. The van der Waals surface area contributed by atoms with Gasteiger partial charge in [-0.05, 0) is 25.2 Å². The molecular weight excluding hydrogens is 154 g/mol. The summed E-state index contributed by atoms with van der Waals surface area (Å²) in [4.78, 5) is 1.88. The molecule has 0 bridgehead atoms. The lowest BCUT2D eigenvalue weighted by Gasteiger charge is -2.32. The van der Waals surface area contributed by atoms with Crippen molar-refractivity contribution in [2.24, 2.45) is 11.7 Å². The zero-order valence-electron chi connectivity index (χ0n) is 7.29. The first-order valence-electron chi connectivity index (χ1n) is 4.44. The van der Waals surface area contributed by atoms with Crippen LogP contribution in [0.5, 0.6) is 0 Å². The maximum Gasteiger partial charge on any atom is 0.188 e. The Kier molecular flexibility index (Phi) is 3.34. The number of likely N-dealkylation sites (tertiary alicyclic amines) is 1. The first-order chi connectivity index (χ1) is 5.74. The highest BCUT2D eigenvalue weighted by molar-refractivity contribution is 5.74. The van der Waals surface area contributed by atoms with Gasteiger partial charge < -0.3 is 15.7 Å². The third kappa shape index (κ3) is 2.37. The van der Waals surface area contributed by atoms with Crippen LogP contribution in [0.3, 0.4) is 0 Å². The first kappa shape index (κ1) is 9.32. The van der Waals surface area contributed by atoms with Crippen LogP contribution in [0.2, 0.25) is 0 Å². The van der Waals surface area contributed by atoms with Gasteiger partial charge in [0.2, 0.25) is 0 Å². The van der Waals surface area contributed by atoms with Crippen LogP contribution in [0.25, 0.3) is 0 Å². The smallest absolute Gasteiger partial charge is 0.188 e. The number of aliphatic hydroxyl groups excluding tert-OH is 1. The number of guanidine groups is 1. The molecule has 1 aliphatic heterocycles. The number of aliphatic hydroxyl groups is 1. The van der Waals surface area contributed by atoms with Gasteiger partial charge in [0, 0.05) is 19.7 Å². The van der Waals surface area contributed by atoms with E-state index in [1.54, 1.807) is 0 Å². The summed E-state index contributed by atoms with van der Waals surface area (Å²) in [5, 5.41) is 16.0. The molecule has 4 heteroatoms. The summed E-state index contributed by atoms with van der Waals surface area (Å²) < 4.78 is 0. The fraction of sp³-hybridized carbons (Fsp3) is 0.875. The van der Waals surface area contributed by atoms with Crippen molar-refractivity contribution in [1.82, 2.24) is 4.90 Å². The van der Waals surface area contributed by atoms with E-state index in [1.807, 2.05) is 4.90 Å². The second kappa shape index (κ2) is 4.30. The molecule has 0 aromatic carbocycles. The van der Waals surface area contributed by atoms with Crippen molar-refractivity contribution in [1.29, 1.82) is 5.41 Å². The molecule has 4 nitrogen and oxygen atoms in total. The third-order valence-corrected chi connectivity index (χ3v) is 2.40. The van der Waals surface area contributed by atoms with Gasteiger partial charge in [-0.25, -0.2) is 0 Å². The van der Waals surface area contributed by atoms with E-state index in [-0.39, 0.29) is 12.6 Å². The van der Waals surface area contributed by atoms with Gasteiger partial charge in [-0.3, -0.25) is 5.41 Å². The molecule has 1 aliphatic rings. The quantitative estimate of drug-likeness (QED) is 0.403. The van der Waals surface area contributed by atoms with Crippen LogP contribution in [0, 0.1) is 11.3 Å². The number of rotatable bonds is 2. The molecule has 1 rings (SSSR count). The Hall–Kier alpha value is -0.770. The second-order valence-electron chi connectivity index (χ2n) is 3.35. The van der Waals surface area contributed by atoms with Crippen LogP contribution in [-0.2, 0) is 0 Å². The van der Waals surface area contributed by atoms with Crippen LogP contribution in [0.15, 0.2) is 0 Å². The molecule has 1 heterocycles. The molecule has 1 saturated heterocycles. The van der Waals surface area contributed by atoms with Crippen molar-refractivity contribution in [3.05, 3.63) is 0 Å². The van der Waals surface area contributed by atoms with E-state index in [4.69, 9.17) is 16.2 Å². The Labute approximate surface area is 72.9 Å². The van der Waals surface area contributed by atoms with E-state index in [0.717, 1.165) is 32.4 Å². The predicted octanol–water partition coefficient (Wildman–Crippen LogP) is -0.0257. The van der Waals surface area contributed by atoms with Crippen LogP contribution >= 0.6 is 0 Å². The Balaban J connectivity index is 2.35. The fourth-order valence-corrected chi connectivity index (χ4v) is 1.70. The number of nitrogens with one attached hydrogen (secondary N) is 1. The second-order valence-corrected chi connectivity index (χ2v) is 3.35. The van der Waals surface area contributed by atoms with Crippen LogP contribution in [0.1, 0.15) is 19.3 Å². The van der Waals surface area contributed by atoms with Crippen LogP contribution in [-0.4, -0.2) is 35.7 Å². The average molecular weight is 171 g/mol. The molecule has 4 N–H and O–H groups in total. The molecule has 12 heavy (non-hydrogen) atoms. The number of hydrogen-bond donors (Lipinski definition) is 3. The van der Waals surface area contributed by atoms with E-state index in [9.17, 15) is 0 Å². The summed E-state index contributed by atoms with van der Waals surface area (Å²) in [6.07, 6.45) is 3.08. The monoisotopic (exact) mass is 171 g/mol. The lowest BCUT2D eigenvalue weighted by molar-refractivity contribution is 0.196. The van der Waals surface area contributed by atoms with Crippen molar-refractivity contribution >= 4 is 5.96 Å². The van der Waals surface area contributed by atoms with Gasteiger partial charge in [0.1, 0.15) is 0 Å². The van der Waals surface area contributed by atoms with E-state index < -0.39 is 0 Å². The predicted molar refractivity (Wildman–Crippen MR) is 47.9 cm³/mol. The maximum atomic E-state index is 8.74. The normalized spacial score (nSPS) is 24.1. The van der Waals surface area contributed by atoms with Crippen molar-refractivity contribution in [3.63, 3.8) is 0 Å². The van der Waals surface area contributed by atoms with Gasteiger partial charge in [0.25, 0.3) is 0 Å². The maximum absolute atomic E-state index is 8.74. The fourth-order valence-electron chi connectivity index (χ4n) is 1.70.